The summed E-state index contributed by atoms with van der Waals surface area (Å²) < 4.78 is 84.2. The predicted octanol–water partition coefficient (Wildman–Crippen LogP) is 9.35. The molecule has 43 heavy (non-hydrogen) atoms. The van der Waals surface area contributed by atoms with Gasteiger partial charge in [0, 0.05) is 38.0 Å². The van der Waals surface area contributed by atoms with E-state index in [2.05, 4.69) is 16.0 Å². The Morgan fingerprint density at radius 1 is 1.02 bits per heavy atom. The molecule has 0 aliphatic rings. The molecule has 5 aromatic rings. The van der Waals surface area contributed by atoms with Crippen LogP contribution in [0.4, 0.5) is 13.2 Å². The van der Waals surface area contributed by atoms with Crippen molar-refractivity contribution < 1.29 is 50.0 Å². The summed E-state index contributed by atoms with van der Waals surface area (Å²) in [7, 11) is 0. The Balaban J connectivity index is 0.000000334. The minimum absolute atomic E-state index is 0. The molecule has 0 atom stereocenters. The zero-order chi connectivity index (χ0) is 34.8. The topological polar surface area (TPSA) is 63.1 Å². The Hall–Kier alpha value is -2.83. The van der Waals surface area contributed by atoms with Gasteiger partial charge in [0.05, 0.1) is 5.76 Å². The summed E-state index contributed by atoms with van der Waals surface area (Å²) in [6.07, 6.45) is -0.682. The molecule has 5 rings (SSSR count). The molecule has 0 unspecified atom stereocenters. The number of halogens is 3. The fourth-order valence-corrected chi connectivity index (χ4v) is 6.94. The van der Waals surface area contributed by atoms with Gasteiger partial charge < -0.3 is 5.11 Å². The van der Waals surface area contributed by atoms with E-state index in [9.17, 15) is 23.1 Å². The van der Waals surface area contributed by atoms with Crippen LogP contribution in [0.1, 0.15) is 65.8 Å². The van der Waals surface area contributed by atoms with Gasteiger partial charge in [-0.25, -0.2) is 0 Å². The van der Waals surface area contributed by atoms with Crippen LogP contribution >= 0.6 is 0 Å². The van der Waals surface area contributed by atoms with E-state index in [-0.39, 0.29) is 74.5 Å². The number of allylic oxidation sites excluding steroid dienone is 2. The van der Waals surface area contributed by atoms with Crippen molar-refractivity contribution in [1.29, 1.82) is 0 Å². The van der Waals surface area contributed by atoms with E-state index < -0.39 is 53.1 Å². The maximum Gasteiger partial charge on any atom is 0 e. The van der Waals surface area contributed by atoms with Crippen molar-refractivity contribution in [2.45, 2.75) is 59.6 Å². The minimum atomic E-state index is -4.98. The van der Waals surface area contributed by atoms with Gasteiger partial charge >= 0.3 is 165 Å². The van der Waals surface area contributed by atoms with Crippen molar-refractivity contribution in [3.63, 3.8) is 0 Å². The molecule has 0 amide bonds. The number of aliphatic hydroxyl groups is 1. The fourth-order valence-electron chi connectivity index (χ4n) is 4.83. The molecular weight excluding hydrogens is 797 g/mol. The van der Waals surface area contributed by atoms with E-state index in [1.807, 2.05) is 52.0 Å². The maximum atomic E-state index is 14.3. The molecule has 2 heterocycles. The molecular formula is C34H34F3IrN2O2Se-. The average Bonchev–Trinajstić information content (AvgIpc) is 3.47. The number of aliphatic hydroxyl groups excluding tert-OH is 1. The summed E-state index contributed by atoms with van der Waals surface area (Å²) in [5.41, 5.74) is -1.74. The number of benzene rings is 3. The van der Waals surface area contributed by atoms with Crippen molar-refractivity contribution in [2.75, 3.05) is 0 Å². The third kappa shape index (κ3) is 7.82. The van der Waals surface area contributed by atoms with Crippen molar-refractivity contribution in [3.8, 4) is 10.1 Å². The van der Waals surface area contributed by atoms with Gasteiger partial charge in [0.15, 0.2) is 5.78 Å². The zero-order valence-electron chi connectivity index (χ0n) is 29.1. The number of carbonyl (C=O) groups is 1. The van der Waals surface area contributed by atoms with E-state index in [1.54, 1.807) is 0 Å². The smallest absolute Gasteiger partial charge is 0 e. The van der Waals surface area contributed by atoms with Crippen LogP contribution in [0, 0.1) is 17.9 Å². The molecule has 9 heteroatoms. The van der Waals surface area contributed by atoms with Crippen LogP contribution in [0.15, 0.2) is 72.6 Å². The normalized spacial score (nSPS) is 13.7. The number of carbonyl (C=O) groups excluding carboxylic acids is 1. The molecule has 0 aliphatic heterocycles. The maximum absolute atomic E-state index is 14.3. The first-order chi connectivity index (χ1) is 22.2. The molecule has 0 saturated carbocycles. The second kappa shape index (κ2) is 15.3. The third-order valence-corrected chi connectivity index (χ3v) is 9.51. The molecule has 0 fully saturated rings. The molecule has 4 nitrogen and oxygen atoms in total. The van der Waals surface area contributed by atoms with Gasteiger partial charge in [0.2, 0.25) is 0 Å². The van der Waals surface area contributed by atoms with Gasteiger partial charge in [-0.3, -0.25) is 4.79 Å². The van der Waals surface area contributed by atoms with Crippen molar-refractivity contribution in [2.24, 2.45) is 11.8 Å². The Morgan fingerprint density at radius 2 is 1.67 bits per heavy atom. The molecule has 0 spiro atoms. The summed E-state index contributed by atoms with van der Waals surface area (Å²) in [6.45, 7) is 8.07. The first-order valence-electron chi connectivity index (χ1n) is 16.3. The van der Waals surface area contributed by atoms with Gasteiger partial charge in [-0.2, -0.15) is 0 Å². The Morgan fingerprint density at radius 3 is 2.30 bits per heavy atom. The molecule has 3 aromatic carbocycles. The van der Waals surface area contributed by atoms with E-state index in [0.29, 0.717) is 4.44 Å². The largest absolute Gasteiger partial charge is 0 e. The second-order valence-electron chi connectivity index (χ2n) is 9.79. The number of hydrogen-bond acceptors (Lipinski definition) is 4. The molecule has 1 N–H and O–H groups in total. The minimum Gasteiger partial charge on any atom is 0 e. The number of alkyl halides is 3. The number of rotatable bonds is 8. The SMILES string of the molecule is CCC(CC)C(=O)/C=C(\O)C(CC)CC.[2H]c1nc(-c2[c-]c3ccccc3[se]2)c2cc3c([2H])c([2H])c([2H])c([2H])c3c(C(F)(F)F)c2n1.[Ir]. The summed E-state index contributed by atoms with van der Waals surface area (Å²) >= 11 is -0.312. The van der Waals surface area contributed by atoms with Crippen LogP contribution in [0.2, 0.25) is 0 Å². The molecule has 229 valence electrons. The fraction of sp³-hybridized carbons (Fsp3) is 0.324. The zero-order valence-corrected chi connectivity index (χ0v) is 28.2. The van der Waals surface area contributed by atoms with Crippen LogP contribution in [0.5, 0.6) is 0 Å². The quantitative estimate of drug-likeness (QED) is 0.0557. The van der Waals surface area contributed by atoms with Crippen molar-refractivity contribution in [1.82, 2.24) is 9.97 Å². The van der Waals surface area contributed by atoms with Gasteiger partial charge in [-0.1, -0.05) is 27.7 Å². The average molecular weight is 836 g/mol. The van der Waals surface area contributed by atoms with Crippen molar-refractivity contribution >= 4 is 51.6 Å². The van der Waals surface area contributed by atoms with Gasteiger partial charge in [-0.15, -0.1) is 0 Å². The monoisotopic (exact) mass is 837 g/mol. The Bertz CT molecular complexity index is 1960. The summed E-state index contributed by atoms with van der Waals surface area (Å²) in [4.78, 5) is 19.6. The third-order valence-electron chi connectivity index (χ3n) is 7.25. The Labute approximate surface area is 276 Å². The van der Waals surface area contributed by atoms with Crippen LogP contribution in [0.25, 0.3) is 41.5 Å². The number of fused-ring (bicyclic) bond motifs is 3. The summed E-state index contributed by atoms with van der Waals surface area (Å²) in [6, 6.07) is 9.06. The number of ketones is 1. The molecule has 0 aliphatic carbocycles. The summed E-state index contributed by atoms with van der Waals surface area (Å²) in [5.74, 6) is 0.547. The second-order valence-corrected chi connectivity index (χ2v) is 12.0. The predicted molar refractivity (Wildman–Crippen MR) is 165 cm³/mol. The van der Waals surface area contributed by atoms with Crippen LogP contribution in [0.3, 0.4) is 0 Å². The van der Waals surface area contributed by atoms with Crippen molar-refractivity contribution in [3.05, 3.63) is 84.3 Å². The number of aromatic nitrogens is 2. The van der Waals surface area contributed by atoms with E-state index >= 15 is 0 Å². The molecule has 2 aromatic heterocycles. The molecule has 0 saturated heterocycles. The standard InChI is InChI=1S/C21H10F3N2Se.C13H24O2.Ir/c22-21(23,24)18-14-7-3-1-5-12(14)9-15-19(25-11-26-20(15)18)17-10-13-6-2-4-8-16(13)27-17;1-5-10(6-2)12(14)9-13(15)11(7-3)8-4;/h1-9,11H;9-11,14H,5-8H2,1-4H3;/q-1;;/b;12-9-;/i1D,3D,5D,7D,11D;;. The van der Waals surface area contributed by atoms with Crippen LogP contribution in [-0.2, 0) is 31.1 Å². The van der Waals surface area contributed by atoms with Gasteiger partial charge in [-0.05, 0) is 25.7 Å². The summed E-state index contributed by atoms with van der Waals surface area (Å²) in [5, 5.41) is 9.60. The molecule has 1 radical (unpaired) electrons. The van der Waals surface area contributed by atoms with Crippen LogP contribution in [-0.4, -0.2) is 35.4 Å². The van der Waals surface area contributed by atoms with E-state index in [4.69, 9.17) is 6.85 Å². The van der Waals surface area contributed by atoms with Gasteiger partial charge in [0.1, 0.15) is 0 Å². The first-order valence-corrected chi connectivity index (χ1v) is 15.5. The first kappa shape index (κ1) is 27.7. The van der Waals surface area contributed by atoms with E-state index in [0.717, 1.165) is 35.3 Å². The number of nitrogens with zero attached hydrogens (tertiary/aromatic N) is 2. The van der Waals surface area contributed by atoms with Crippen LogP contribution < -0.4 is 0 Å². The van der Waals surface area contributed by atoms with E-state index in [1.165, 1.54) is 12.1 Å². The molecule has 0 bridgehead atoms. The Kier molecular flexibility index (Phi) is 9.82. The number of hydrogen-bond donors (Lipinski definition) is 1. The van der Waals surface area contributed by atoms with Gasteiger partial charge in [0.25, 0.3) is 0 Å².